The van der Waals surface area contributed by atoms with Crippen LogP contribution in [-0.2, 0) is 21.8 Å². The van der Waals surface area contributed by atoms with Gasteiger partial charge in [-0.15, -0.1) is 0 Å². The van der Waals surface area contributed by atoms with Gasteiger partial charge in [0.25, 0.3) is 15.9 Å². The molecule has 0 aliphatic carbocycles. The van der Waals surface area contributed by atoms with Gasteiger partial charge in [0.2, 0.25) is 0 Å². The number of aryl methyl sites for hydroxylation is 1. The summed E-state index contributed by atoms with van der Waals surface area (Å²) in [6, 6.07) is 4.86. The first-order valence-corrected chi connectivity index (χ1v) is 13.3. The van der Waals surface area contributed by atoms with Crippen LogP contribution in [0.25, 0.3) is 0 Å². The molecule has 11 heteroatoms. The molecule has 1 aliphatic rings. The van der Waals surface area contributed by atoms with Gasteiger partial charge in [0, 0.05) is 52.2 Å². The number of methoxy groups -OCH3 is 1. The van der Waals surface area contributed by atoms with Crippen LogP contribution in [0.2, 0.25) is 0 Å². The zero-order valence-electron chi connectivity index (χ0n) is 21.4. The summed E-state index contributed by atoms with van der Waals surface area (Å²) in [6.07, 6.45) is 3.69. The van der Waals surface area contributed by atoms with E-state index in [2.05, 4.69) is 35.4 Å². The Bertz CT molecular complexity index is 1120. The number of sulfonamides is 1. The lowest BCUT2D eigenvalue weighted by Gasteiger charge is -2.35. The number of amides is 1. The average molecular weight is 508 g/mol. The summed E-state index contributed by atoms with van der Waals surface area (Å²) in [4.78, 5) is 21.3. The number of aromatic nitrogens is 2. The van der Waals surface area contributed by atoms with Crippen molar-refractivity contribution in [3.05, 3.63) is 36.3 Å². The van der Waals surface area contributed by atoms with Crippen LogP contribution in [0.1, 0.15) is 37.6 Å². The van der Waals surface area contributed by atoms with E-state index < -0.39 is 10.0 Å². The molecule has 3 rings (SSSR count). The molecule has 0 unspecified atom stereocenters. The number of anilines is 1. The van der Waals surface area contributed by atoms with E-state index in [0.29, 0.717) is 18.9 Å². The molecule has 1 amide bonds. The quantitative estimate of drug-likeness (QED) is 0.640. The molecule has 3 atom stereocenters. The number of hydrogen-bond donors (Lipinski definition) is 1. The molecule has 1 N–H and O–H groups in total. The van der Waals surface area contributed by atoms with Gasteiger partial charge in [-0.2, -0.15) is 8.42 Å². The second-order valence-corrected chi connectivity index (χ2v) is 10.9. The predicted octanol–water partition coefficient (Wildman–Crippen LogP) is 2.44. The van der Waals surface area contributed by atoms with E-state index in [0.717, 1.165) is 19.5 Å². The number of nitrogens with zero attached hydrogens (tertiary/aromatic N) is 4. The summed E-state index contributed by atoms with van der Waals surface area (Å²) in [6.45, 7) is 8.95. The van der Waals surface area contributed by atoms with Crippen LogP contribution in [0.3, 0.4) is 0 Å². The van der Waals surface area contributed by atoms with E-state index in [1.807, 2.05) is 0 Å². The van der Waals surface area contributed by atoms with Crippen molar-refractivity contribution in [3.63, 3.8) is 0 Å². The largest absolute Gasteiger partial charge is 0.491 e. The predicted molar refractivity (Wildman–Crippen MR) is 134 cm³/mol. The minimum atomic E-state index is -3.91. The van der Waals surface area contributed by atoms with Gasteiger partial charge in [-0.1, -0.05) is 13.8 Å². The van der Waals surface area contributed by atoms with Crippen molar-refractivity contribution < 1.29 is 22.7 Å². The number of carbonyl (C=O) groups excluding carboxylic acids is 1. The average Bonchev–Trinajstić information content (AvgIpc) is 3.27. The highest BCUT2D eigenvalue weighted by Gasteiger charge is 2.28. The van der Waals surface area contributed by atoms with Gasteiger partial charge in [-0.05, 0) is 44.0 Å². The van der Waals surface area contributed by atoms with Crippen molar-refractivity contribution in [2.45, 2.75) is 44.4 Å². The van der Waals surface area contributed by atoms with Crippen molar-refractivity contribution in [2.24, 2.45) is 13.0 Å². The molecule has 1 aromatic carbocycles. The molecular formula is C24H37N5O5S. The van der Waals surface area contributed by atoms with Gasteiger partial charge in [-0.3, -0.25) is 14.4 Å². The van der Waals surface area contributed by atoms with Crippen molar-refractivity contribution in [3.8, 4) is 5.75 Å². The number of hydrogen-bond acceptors (Lipinski definition) is 7. The van der Waals surface area contributed by atoms with Crippen LogP contribution in [0.15, 0.2) is 35.7 Å². The molecule has 194 valence electrons. The molecule has 0 radical (unpaired) electrons. The van der Waals surface area contributed by atoms with E-state index in [1.54, 1.807) is 42.8 Å². The smallest absolute Gasteiger partial charge is 0.280 e. The Kier molecular flexibility index (Phi) is 8.79. The molecule has 0 bridgehead atoms. The minimum absolute atomic E-state index is 0.103. The van der Waals surface area contributed by atoms with E-state index in [4.69, 9.17) is 9.47 Å². The maximum Gasteiger partial charge on any atom is 0.280 e. The van der Waals surface area contributed by atoms with E-state index in [9.17, 15) is 13.2 Å². The third kappa shape index (κ3) is 6.53. The number of carbonyl (C=O) groups is 1. The van der Waals surface area contributed by atoms with Gasteiger partial charge >= 0.3 is 0 Å². The van der Waals surface area contributed by atoms with E-state index in [1.165, 1.54) is 18.6 Å². The first-order chi connectivity index (χ1) is 16.6. The number of nitrogens with one attached hydrogen (secondary N) is 1. The van der Waals surface area contributed by atoms with Crippen LogP contribution in [-0.4, -0.2) is 86.2 Å². The third-order valence-corrected chi connectivity index (χ3v) is 7.56. The van der Waals surface area contributed by atoms with Crippen molar-refractivity contribution in [2.75, 3.05) is 45.1 Å². The summed E-state index contributed by atoms with van der Waals surface area (Å²) in [5.74, 6) is 0.333. The number of likely N-dealkylation sites (N-methyl/N-ethyl adjacent to an activating group) is 1. The Hall–Kier alpha value is -2.63. The topological polar surface area (TPSA) is 106 Å². The number of imidazole rings is 1. The molecule has 10 nitrogen and oxygen atoms in total. The summed E-state index contributed by atoms with van der Waals surface area (Å²) >= 11 is 0. The molecular weight excluding hydrogens is 470 g/mol. The molecule has 35 heavy (non-hydrogen) atoms. The normalized spacial score (nSPS) is 22.6. The Morgan fingerprint density at radius 2 is 1.97 bits per heavy atom. The maximum atomic E-state index is 13.4. The molecule has 0 saturated carbocycles. The Morgan fingerprint density at radius 1 is 1.23 bits per heavy atom. The SMILES string of the molecule is CCCN1C[C@H](C)[C@H](OC)CN(C)C(=O)c2cc(NS(=O)(=O)c3cn(C)cn3)ccc2OC[C@@H]1C. The third-order valence-electron chi connectivity index (χ3n) is 6.29. The molecule has 1 aromatic heterocycles. The Balaban J connectivity index is 1.96. The fourth-order valence-corrected chi connectivity index (χ4v) is 5.28. The first kappa shape index (κ1) is 27.0. The Morgan fingerprint density at radius 3 is 2.60 bits per heavy atom. The molecule has 2 aromatic rings. The Labute approximate surface area is 208 Å². The standard InChI is InChI=1S/C24H37N5O5S/c1-7-10-29-12-17(2)22(33-6)13-28(5)24(30)20-11-19(8-9-21(20)34-15-18(29)3)26-35(31,32)23-14-27(4)16-25-23/h8-9,11,14,16-18,22,26H,7,10,12-13,15H2,1-6H3/t17-,18-,22+/m0/s1. The molecule has 2 heterocycles. The lowest BCUT2D eigenvalue weighted by Crippen LogP contribution is -2.46. The zero-order valence-corrected chi connectivity index (χ0v) is 22.2. The molecule has 1 aliphatic heterocycles. The molecule has 0 spiro atoms. The number of ether oxygens (including phenoxy) is 2. The highest BCUT2D eigenvalue weighted by atomic mass is 32.2. The number of rotatable bonds is 6. The van der Waals surface area contributed by atoms with Gasteiger partial charge in [-0.25, -0.2) is 4.98 Å². The van der Waals surface area contributed by atoms with Crippen LogP contribution >= 0.6 is 0 Å². The van der Waals surface area contributed by atoms with Crippen LogP contribution in [0.4, 0.5) is 5.69 Å². The monoisotopic (exact) mass is 507 g/mol. The van der Waals surface area contributed by atoms with Gasteiger partial charge < -0.3 is 18.9 Å². The second kappa shape index (κ2) is 11.4. The summed E-state index contributed by atoms with van der Waals surface area (Å²) in [7, 11) is 1.17. The first-order valence-electron chi connectivity index (χ1n) is 11.9. The summed E-state index contributed by atoms with van der Waals surface area (Å²) in [5.41, 5.74) is 0.537. The van der Waals surface area contributed by atoms with E-state index in [-0.39, 0.29) is 40.2 Å². The van der Waals surface area contributed by atoms with E-state index >= 15 is 0 Å². The summed E-state index contributed by atoms with van der Waals surface area (Å²) < 4.78 is 41.5. The van der Waals surface area contributed by atoms with Crippen LogP contribution in [0, 0.1) is 5.92 Å². The van der Waals surface area contributed by atoms with Crippen LogP contribution < -0.4 is 9.46 Å². The van der Waals surface area contributed by atoms with Gasteiger partial charge in [0.1, 0.15) is 12.4 Å². The molecule has 0 saturated heterocycles. The second-order valence-electron chi connectivity index (χ2n) is 9.29. The fraction of sp³-hybridized carbons (Fsp3) is 0.583. The van der Waals surface area contributed by atoms with Crippen molar-refractivity contribution >= 4 is 21.6 Å². The minimum Gasteiger partial charge on any atom is -0.491 e. The highest BCUT2D eigenvalue weighted by molar-refractivity contribution is 7.92. The highest BCUT2D eigenvalue weighted by Crippen LogP contribution is 2.27. The fourth-order valence-electron chi connectivity index (χ4n) is 4.25. The van der Waals surface area contributed by atoms with Gasteiger partial charge in [0.05, 0.1) is 18.0 Å². The number of benzene rings is 1. The van der Waals surface area contributed by atoms with Gasteiger partial charge in [0.15, 0.2) is 5.03 Å². The molecule has 0 fully saturated rings. The van der Waals surface area contributed by atoms with Crippen molar-refractivity contribution in [1.82, 2.24) is 19.4 Å². The summed E-state index contributed by atoms with van der Waals surface area (Å²) in [5, 5.41) is -0.103. The maximum absolute atomic E-state index is 13.4. The lowest BCUT2D eigenvalue weighted by atomic mass is 10.0. The number of fused-ring (bicyclic) bond motifs is 1. The van der Waals surface area contributed by atoms with Crippen molar-refractivity contribution in [1.29, 1.82) is 0 Å². The zero-order chi connectivity index (χ0) is 25.8. The lowest BCUT2D eigenvalue weighted by molar-refractivity contribution is 0.0108. The van der Waals surface area contributed by atoms with Crippen LogP contribution in [0.5, 0.6) is 5.75 Å².